The molecule has 0 saturated heterocycles. The summed E-state index contributed by atoms with van der Waals surface area (Å²) in [6.45, 7) is 5.55. The predicted molar refractivity (Wildman–Crippen MR) is 87.8 cm³/mol. The van der Waals surface area contributed by atoms with Gasteiger partial charge in [-0.05, 0) is 44.0 Å². The standard InChI is InChI=1S/C17H24N2O3/c1-4-6-12(3)16(21)19-15-9-7-13(8-10-15)17(22)18-14(5-2)11-20/h6-10,14,20H,4-5,11H2,1-3H3,(H,18,22)(H,19,21)/b12-6-. The number of aliphatic hydroxyl groups excluding tert-OH is 1. The number of anilines is 1. The minimum atomic E-state index is -0.242. The molecule has 0 aliphatic carbocycles. The molecule has 120 valence electrons. The van der Waals surface area contributed by atoms with Crippen LogP contribution in [-0.4, -0.2) is 29.6 Å². The molecule has 1 aromatic rings. The molecule has 0 spiro atoms. The first kappa shape index (κ1) is 17.9. The average molecular weight is 304 g/mol. The number of hydrogen-bond donors (Lipinski definition) is 3. The number of carbonyl (C=O) groups excluding carboxylic acids is 2. The van der Waals surface area contributed by atoms with Crippen LogP contribution < -0.4 is 10.6 Å². The maximum atomic E-state index is 12.0. The molecule has 2 amide bonds. The Morgan fingerprint density at radius 2 is 1.86 bits per heavy atom. The maximum absolute atomic E-state index is 12.0. The third-order valence-electron chi connectivity index (χ3n) is 3.32. The Kier molecular flexibility index (Phi) is 7.32. The molecule has 0 aromatic heterocycles. The van der Waals surface area contributed by atoms with Gasteiger partial charge in [0.15, 0.2) is 0 Å². The van der Waals surface area contributed by atoms with E-state index in [4.69, 9.17) is 5.11 Å². The quantitative estimate of drug-likeness (QED) is 0.677. The van der Waals surface area contributed by atoms with Crippen LogP contribution >= 0.6 is 0 Å². The smallest absolute Gasteiger partial charge is 0.251 e. The highest BCUT2D eigenvalue weighted by molar-refractivity contribution is 6.03. The molecule has 22 heavy (non-hydrogen) atoms. The second-order valence-corrected chi connectivity index (χ2v) is 5.09. The van der Waals surface area contributed by atoms with E-state index in [0.717, 1.165) is 6.42 Å². The van der Waals surface area contributed by atoms with Gasteiger partial charge in [0, 0.05) is 16.8 Å². The van der Waals surface area contributed by atoms with Crippen LogP contribution in [0.15, 0.2) is 35.9 Å². The van der Waals surface area contributed by atoms with Crippen LogP contribution in [0.1, 0.15) is 44.0 Å². The van der Waals surface area contributed by atoms with Gasteiger partial charge < -0.3 is 15.7 Å². The molecule has 1 aromatic carbocycles. The van der Waals surface area contributed by atoms with E-state index < -0.39 is 0 Å². The molecule has 5 nitrogen and oxygen atoms in total. The molecule has 1 rings (SSSR count). The van der Waals surface area contributed by atoms with E-state index in [-0.39, 0.29) is 24.5 Å². The van der Waals surface area contributed by atoms with Crippen molar-refractivity contribution in [1.29, 1.82) is 0 Å². The highest BCUT2D eigenvalue weighted by atomic mass is 16.3. The number of amides is 2. The first-order chi connectivity index (χ1) is 10.5. The Hall–Kier alpha value is -2.14. The summed E-state index contributed by atoms with van der Waals surface area (Å²) in [6.07, 6.45) is 3.33. The van der Waals surface area contributed by atoms with E-state index in [9.17, 15) is 9.59 Å². The number of allylic oxidation sites excluding steroid dienone is 1. The number of rotatable bonds is 7. The van der Waals surface area contributed by atoms with Gasteiger partial charge in [0.05, 0.1) is 12.6 Å². The molecule has 0 heterocycles. The van der Waals surface area contributed by atoms with Gasteiger partial charge in [-0.15, -0.1) is 0 Å². The van der Waals surface area contributed by atoms with Crippen molar-refractivity contribution in [3.63, 3.8) is 0 Å². The van der Waals surface area contributed by atoms with Crippen molar-refractivity contribution in [2.24, 2.45) is 0 Å². The molecule has 5 heteroatoms. The lowest BCUT2D eigenvalue weighted by molar-refractivity contribution is -0.112. The van der Waals surface area contributed by atoms with Crippen LogP contribution in [0.5, 0.6) is 0 Å². The van der Waals surface area contributed by atoms with Crippen LogP contribution in [0.2, 0.25) is 0 Å². The summed E-state index contributed by atoms with van der Waals surface area (Å²) in [6, 6.07) is 6.42. The highest BCUT2D eigenvalue weighted by Crippen LogP contribution is 2.11. The van der Waals surface area contributed by atoms with Crippen LogP contribution in [-0.2, 0) is 4.79 Å². The Morgan fingerprint density at radius 3 is 2.36 bits per heavy atom. The lowest BCUT2D eigenvalue weighted by Crippen LogP contribution is -2.36. The Balaban J connectivity index is 2.68. The molecule has 0 saturated carbocycles. The van der Waals surface area contributed by atoms with Crippen molar-refractivity contribution in [3.8, 4) is 0 Å². The summed E-state index contributed by atoms with van der Waals surface area (Å²) in [7, 11) is 0. The minimum Gasteiger partial charge on any atom is -0.394 e. The van der Waals surface area contributed by atoms with Gasteiger partial charge in [0.1, 0.15) is 0 Å². The highest BCUT2D eigenvalue weighted by Gasteiger charge is 2.11. The maximum Gasteiger partial charge on any atom is 0.251 e. The van der Waals surface area contributed by atoms with Crippen molar-refractivity contribution in [3.05, 3.63) is 41.5 Å². The Bertz CT molecular complexity index is 531. The fourth-order valence-corrected chi connectivity index (χ4v) is 1.88. The molecule has 0 bridgehead atoms. The van der Waals surface area contributed by atoms with Gasteiger partial charge in [0.2, 0.25) is 0 Å². The molecule has 3 N–H and O–H groups in total. The summed E-state index contributed by atoms with van der Waals surface area (Å²) in [5.41, 5.74) is 1.79. The Labute approximate surface area is 131 Å². The molecule has 0 aliphatic rings. The summed E-state index contributed by atoms with van der Waals surface area (Å²) < 4.78 is 0. The van der Waals surface area contributed by atoms with Crippen molar-refractivity contribution in [2.45, 2.75) is 39.7 Å². The van der Waals surface area contributed by atoms with Gasteiger partial charge in [-0.25, -0.2) is 0 Å². The lowest BCUT2D eigenvalue weighted by atomic mass is 10.1. The molecule has 1 unspecified atom stereocenters. The van der Waals surface area contributed by atoms with E-state index >= 15 is 0 Å². The minimum absolute atomic E-state index is 0.0839. The molecule has 0 fully saturated rings. The average Bonchev–Trinajstić information content (AvgIpc) is 2.53. The van der Waals surface area contributed by atoms with Gasteiger partial charge >= 0.3 is 0 Å². The van der Waals surface area contributed by atoms with Crippen molar-refractivity contribution >= 4 is 17.5 Å². The lowest BCUT2D eigenvalue weighted by Gasteiger charge is -2.14. The van der Waals surface area contributed by atoms with Gasteiger partial charge in [-0.2, -0.15) is 0 Å². The summed E-state index contributed by atoms with van der Waals surface area (Å²) in [5, 5.41) is 14.6. The third-order valence-corrected chi connectivity index (χ3v) is 3.32. The van der Waals surface area contributed by atoms with Crippen LogP contribution in [0.3, 0.4) is 0 Å². The van der Waals surface area contributed by atoms with Crippen LogP contribution in [0, 0.1) is 0 Å². The molecule has 1 atom stereocenters. The zero-order valence-electron chi connectivity index (χ0n) is 13.3. The molecular formula is C17H24N2O3. The second-order valence-electron chi connectivity index (χ2n) is 5.09. The topological polar surface area (TPSA) is 78.4 Å². The third kappa shape index (κ3) is 5.33. The van der Waals surface area contributed by atoms with E-state index in [2.05, 4.69) is 10.6 Å². The summed E-state index contributed by atoms with van der Waals surface area (Å²) in [4.78, 5) is 23.8. The first-order valence-electron chi connectivity index (χ1n) is 7.51. The first-order valence-corrected chi connectivity index (χ1v) is 7.51. The second kappa shape index (κ2) is 9.00. The largest absolute Gasteiger partial charge is 0.394 e. The summed E-state index contributed by atoms with van der Waals surface area (Å²) >= 11 is 0. The summed E-state index contributed by atoms with van der Waals surface area (Å²) in [5.74, 6) is -0.383. The van der Waals surface area contributed by atoms with E-state index in [1.165, 1.54) is 0 Å². The molecule has 0 aliphatic heterocycles. The zero-order chi connectivity index (χ0) is 16.5. The monoisotopic (exact) mass is 304 g/mol. The van der Waals surface area contributed by atoms with E-state index in [0.29, 0.717) is 23.2 Å². The molecular weight excluding hydrogens is 280 g/mol. The van der Waals surface area contributed by atoms with Crippen LogP contribution in [0.25, 0.3) is 0 Å². The SMILES string of the molecule is CC/C=C(/C)C(=O)Nc1ccc(C(=O)NC(CC)CO)cc1. The zero-order valence-corrected chi connectivity index (χ0v) is 13.3. The van der Waals surface area contributed by atoms with Gasteiger partial charge in [0.25, 0.3) is 11.8 Å². The number of aliphatic hydroxyl groups is 1. The number of benzene rings is 1. The normalized spacial score (nSPS) is 12.6. The van der Waals surface area contributed by atoms with Crippen molar-refractivity contribution in [2.75, 3.05) is 11.9 Å². The van der Waals surface area contributed by atoms with Crippen LogP contribution in [0.4, 0.5) is 5.69 Å². The molecule has 0 radical (unpaired) electrons. The van der Waals surface area contributed by atoms with Gasteiger partial charge in [-0.1, -0.05) is 19.9 Å². The number of hydrogen-bond acceptors (Lipinski definition) is 3. The predicted octanol–water partition coefficient (Wildman–Crippen LogP) is 2.48. The number of nitrogens with one attached hydrogen (secondary N) is 2. The number of carbonyl (C=O) groups is 2. The van der Waals surface area contributed by atoms with E-state index in [1.54, 1.807) is 31.2 Å². The fraction of sp³-hybridized carbons (Fsp3) is 0.412. The van der Waals surface area contributed by atoms with Gasteiger partial charge in [-0.3, -0.25) is 9.59 Å². The van der Waals surface area contributed by atoms with Crippen molar-refractivity contribution in [1.82, 2.24) is 5.32 Å². The van der Waals surface area contributed by atoms with Crippen molar-refractivity contribution < 1.29 is 14.7 Å². The fourth-order valence-electron chi connectivity index (χ4n) is 1.88. The Morgan fingerprint density at radius 1 is 1.23 bits per heavy atom. The van der Waals surface area contributed by atoms with E-state index in [1.807, 2.05) is 19.9 Å².